The second-order valence-electron chi connectivity index (χ2n) is 2.86. The van der Waals surface area contributed by atoms with E-state index in [2.05, 4.69) is 15.3 Å². The molecule has 1 heterocycles. The molecule has 0 bridgehead atoms. The summed E-state index contributed by atoms with van der Waals surface area (Å²) in [7, 11) is -2.96. The molecule has 0 aliphatic carbocycles. The van der Waals surface area contributed by atoms with E-state index in [-0.39, 0.29) is 23.2 Å². The highest BCUT2D eigenvalue weighted by Gasteiger charge is 2.07. The molecule has 1 aromatic heterocycles. The van der Waals surface area contributed by atoms with Crippen LogP contribution in [-0.2, 0) is 9.84 Å². The van der Waals surface area contributed by atoms with E-state index in [0.717, 1.165) is 0 Å². The van der Waals surface area contributed by atoms with E-state index < -0.39 is 9.84 Å². The van der Waals surface area contributed by atoms with Gasteiger partial charge in [0.1, 0.15) is 0 Å². The molecule has 0 atom stereocenters. The van der Waals surface area contributed by atoms with Crippen molar-refractivity contribution in [3.05, 3.63) is 17.5 Å². The molecule has 0 aromatic carbocycles. The highest BCUT2D eigenvalue weighted by atomic mass is 35.5. The Hall–Kier alpha value is -0.880. The number of rotatable bonds is 5. The fourth-order valence-electron chi connectivity index (χ4n) is 0.909. The average Bonchev–Trinajstić information content (AvgIpc) is 2.21. The Morgan fingerprint density at radius 3 is 2.67 bits per heavy atom. The van der Waals surface area contributed by atoms with E-state index in [4.69, 9.17) is 11.6 Å². The molecule has 0 saturated carbocycles. The molecule has 0 unspecified atom stereocenters. The Bertz CT molecular complexity index is 422. The normalized spacial score (nSPS) is 11.3. The summed E-state index contributed by atoms with van der Waals surface area (Å²) in [5.74, 6) is 0.615. The van der Waals surface area contributed by atoms with Crippen LogP contribution in [0.25, 0.3) is 0 Å². The second kappa shape index (κ2) is 5.27. The number of anilines is 1. The fourth-order valence-corrected chi connectivity index (χ4v) is 1.78. The van der Waals surface area contributed by atoms with Crippen LogP contribution in [0.3, 0.4) is 0 Å². The third kappa shape index (κ3) is 4.01. The summed E-state index contributed by atoms with van der Waals surface area (Å²) in [4.78, 5) is 7.73. The lowest BCUT2D eigenvalue weighted by Gasteiger charge is -2.05. The van der Waals surface area contributed by atoms with Crippen LogP contribution in [0, 0.1) is 0 Å². The number of hydrogen-bond donors (Lipinski definition) is 1. The first-order valence-electron chi connectivity index (χ1n) is 4.46. The summed E-state index contributed by atoms with van der Waals surface area (Å²) in [6.45, 7) is 1.90. The second-order valence-corrected chi connectivity index (χ2v) is 5.69. The molecule has 0 fully saturated rings. The molecule has 0 saturated heterocycles. The summed E-state index contributed by atoms with van der Waals surface area (Å²) in [5, 5.41) is 3.06. The molecular weight excluding hydrogens is 238 g/mol. The van der Waals surface area contributed by atoms with Gasteiger partial charge in [-0.2, -0.15) is 0 Å². The number of sulfone groups is 1. The molecule has 0 aliphatic rings. The molecule has 0 aliphatic heterocycles. The largest absolute Gasteiger partial charge is 0.366 e. The predicted molar refractivity (Wildman–Crippen MR) is 59.9 cm³/mol. The number of nitrogens with one attached hydrogen (secondary N) is 1. The van der Waals surface area contributed by atoms with E-state index in [1.165, 1.54) is 12.4 Å². The molecule has 1 aromatic rings. The third-order valence-electron chi connectivity index (χ3n) is 1.80. The van der Waals surface area contributed by atoms with Crippen molar-refractivity contribution in [3.63, 3.8) is 0 Å². The van der Waals surface area contributed by atoms with E-state index >= 15 is 0 Å². The molecule has 0 radical (unpaired) electrons. The molecule has 1 N–H and O–H groups in total. The SMILES string of the molecule is CCS(=O)(=O)CCNc1nccnc1Cl. The van der Waals surface area contributed by atoms with Crippen molar-refractivity contribution in [2.75, 3.05) is 23.4 Å². The summed E-state index contributed by atoms with van der Waals surface area (Å²) in [5.41, 5.74) is 0. The topological polar surface area (TPSA) is 72.0 Å². The monoisotopic (exact) mass is 249 g/mol. The molecule has 7 heteroatoms. The van der Waals surface area contributed by atoms with Crippen molar-refractivity contribution in [1.82, 2.24) is 9.97 Å². The van der Waals surface area contributed by atoms with Crippen LogP contribution < -0.4 is 5.32 Å². The van der Waals surface area contributed by atoms with Crippen molar-refractivity contribution in [2.45, 2.75) is 6.92 Å². The first kappa shape index (κ1) is 12.2. The fraction of sp³-hybridized carbons (Fsp3) is 0.500. The number of aromatic nitrogens is 2. The van der Waals surface area contributed by atoms with E-state index in [0.29, 0.717) is 5.82 Å². The summed E-state index contributed by atoms with van der Waals surface area (Å²) < 4.78 is 22.3. The van der Waals surface area contributed by atoms with Crippen LogP contribution in [0.1, 0.15) is 6.92 Å². The molecule has 5 nitrogen and oxygen atoms in total. The summed E-state index contributed by atoms with van der Waals surface area (Å²) in [6.07, 6.45) is 2.96. The lowest BCUT2D eigenvalue weighted by Crippen LogP contribution is -2.17. The minimum atomic E-state index is -2.96. The highest BCUT2D eigenvalue weighted by Crippen LogP contribution is 2.13. The average molecular weight is 250 g/mol. The molecule has 15 heavy (non-hydrogen) atoms. The van der Waals surface area contributed by atoms with Gasteiger partial charge in [0.25, 0.3) is 0 Å². The first-order valence-corrected chi connectivity index (χ1v) is 6.66. The number of hydrogen-bond acceptors (Lipinski definition) is 5. The van der Waals surface area contributed by atoms with Crippen LogP contribution >= 0.6 is 11.6 Å². The maximum absolute atomic E-state index is 11.2. The van der Waals surface area contributed by atoms with Gasteiger partial charge in [-0.1, -0.05) is 18.5 Å². The lowest BCUT2D eigenvalue weighted by molar-refractivity contribution is 0.597. The van der Waals surface area contributed by atoms with Gasteiger partial charge in [-0.05, 0) is 0 Å². The van der Waals surface area contributed by atoms with Gasteiger partial charge < -0.3 is 5.32 Å². The van der Waals surface area contributed by atoms with Gasteiger partial charge in [0.2, 0.25) is 0 Å². The van der Waals surface area contributed by atoms with Crippen molar-refractivity contribution in [3.8, 4) is 0 Å². The summed E-state index contributed by atoms with van der Waals surface area (Å²) in [6, 6.07) is 0. The zero-order chi connectivity index (χ0) is 11.3. The van der Waals surface area contributed by atoms with E-state index in [9.17, 15) is 8.42 Å². The number of nitrogens with zero attached hydrogens (tertiary/aromatic N) is 2. The zero-order valence-corrected chi connectivity index (χ0v) is 9.85. The first-order chi connectivity index (χ1) is 7.05. The van der Waals surface area contributed by atoms with Gasteiger partial charge in [0.05, 0.1) is 5.75 Å². The maximum Gasteiger partial charge on any atom is 0.171 e. The lowest BCUT2D eigenvalue weighted by atomic mass is 10.6. The highest BCUT2D eigenvalue weighted by molar-refractivity contribution is 7.91. The van der Waals surface area contributed by atoms with Gasteiger partial charge in [0, 0.05) is 24.7 Å². The standard InChI is InChI=1S/C8H12ClN3O2S/c1-2-15(13,14)6-5-12-8-7(9)10-3-4-11-8/h3-4H,2,5-6H2,1H3,(H,11,12). The minimum Gasteiger partial charge on any atom is -0.366 e. The molecule has 1 rings (SSSR count). The number of halogens is 1. The Morgan fingerprint density at radius 2 is 2.07 bits per heavy atom. The van der Waals surface area contributed by atoms with Crippen molar-refractivity contribution in [2.24, 2.45) is 0 Å². The van der Waals surface area contributed by atoms with E-state index in [1.807, 2.05) is 0 Å². The quantitative estimate of drug-likeness (QED) is 0.842. The van der Waals surface area contributed by atoms with Crippen LogP contribution in [0.15, 0.2) is 12.4 Å². The van der Waals surface area contributed by atoms with Crippen LogP contribution in [0.4, 0.5) is 5.82 Å². The smallest absolute Gasteiger partial charge is 0.171 e. The van der Waals surface area contributed by atoms with Crippen LogP contribution in [0.2, 0.25) is 5.15 Å². The van der Waals surface area contributed by atoms with Crippen LogP contribution in [0.5, 0.6) is 0 Å². The van der Waals surface area contributed by atoms with Crippen molar-refractivity contribution < 1.29 is 8.42 Å². The molecule has 0 spiro atoms. The maximum atomic E-state index is 11.2. The zero-order valence-electron chi connectivity index (χ0n) is 8.27. The van der Waals surface area contributed by atoms with Gasteiger partial charge in [0.15, 0.2) is 20.8 Å². The Kier molecular flexibility index (Phi) is 4.28. The Balaban J connectivity index is 2.49. The molecule has 84 valence electrons. The minimum absolute atomic E-state index is 0.0659. The van der Waals surface area contributed by atoms with Crippen molar-refractivity contribution >= 4 is 27.3 Å². The Labute approximate surface area is 93.8 Å². The third-order valence-corrected chi connectivity index (χ3v) is 3.78. The molecular formula is C8H12ClN3O2S. The van der Waals surface area contributed by atoms with E-state index in [1.54, 1.807) is 6.92 Å². The van der Waals surface area contributed by atoms with Gasteiger partial charge in [-0.25, -0.2) is 18.4 Å². The Morgan fingerprint density at radius 1 is 1.40 bits per heavy atom. The van der Waals surface area contributed by atoms with Crippen LogP contribution in [-0.4, -0.2) is 36.4 Å². The van der Waals surface area contributed by atoms with Gasteiger partial charge >= 0.3 is 0 Å². The predicted octanol–water partition coefficient (Wildman–Crippen LogP) is 0.977. The van der Waals surface area contributed by atoms with Gasteiger partial charge in [-0.3, -0.25) is 0 Å². The van der Waals surface area contributed by atoms with Crippen molar-refractivity contribution in [1.29, 1.82) is 0 Å². The summed E-state index contributed by atoms with van der Waals surface area (Å²) >= 11 is 5.72. The molecule has 0 amide bonds. The van der Waals surface area contributed by atoms with Gasteiger partial charge in [-0.15, -0.1) is 0 Å².